The van der Waals surface area contributed by atoms with Crippen molar-refractivity contribution in [1.82, 2.24) is 9.97 Å². The Kier molecular flexibility index (Phi) is 2.67. The third-order valence-corrected chi connectivity index (χ3v) is 1.96. The first-order chi connectivity index (χ1) is 6.06. The van der Waals surface area contributed by atoms with E-state index in [1.54, 1.807) is 0 Å². The van der Waals surface area contributed by atoms with Crippen molar-refractivity contribution in [2.45, 2.75) is 19.8 Å². The monoisotopic (exact) mass is 183 g/mol. The first-order valence-corrected chi connectivity index (χ1v) is 4.06. The Bertz CT molecular complexity index is 359. The summed E-state index contributed by atoms with van der Waals surface area (Å²) in [7, 11) is 0. The Balaban J connectivity index is 3.21. The zero-order valence-corrected chi connectivity index (χ0v) is 7.66. The van der Waals surface area contributed by atoms with E-state index in [0.717, 1.165) is 0 Å². The fourth-order valence-electron chi connectivity index (χ4n) is 0.883. The van der Waals surface area contributed by atoms with Gasteiger partial charge in [0.2, 0.25) is 5.88 Å². The molecule has 72 valence electrons. The molecule has 1 aromatic rings. The Morgan fingerprint density at radius 2 is 2.31 bits per heavy atom. The minimum absolute atomic E-state index is 0.0563. The van der Waals surface area contributed by atoms with Crippen molar-refractivity contribution < 1.29 is 5.11 Å². The number of hydrogen-bond donors (Lipinski definition) is 3. The smallest absolute Gasteiger partial charge is 0.257 e. The summed E-state index contributed by atoms with van der Waals surface area (Å²) in [4.78, 5) is 17.6. The molecule has 4 N–H and O–H groups in total. The molecule has 1 heterocycles. The summed E-state index contributed by atoms with van der Waals surface area (Å²) in [6, 6.07) is 0. The number of rotatable bonds is 2. The molecule has 0 aromatic carbocycles. The lowest BCUT2D eigenvalue weighted by atomic mass is 10.1. The van der Waals surface area contributed by atoms with Crippen LogP contribution in [0.4, 0.5) is 0 Å². The van der Waals surface area contributed by atoms with Crippen LogP contribution in [0.3, 0.4) is 0 Å². The van der Waals surface area contributed by atoms with Crippen LogP contribution in [0.15, 0.2) is 4.79 Å². The molecule has 0 saturated carbocycles. The highest BCUT2D eigenvalue weighted by atomic mass is 16.3. The van der Waals surface area contributed by atoms with Gasteiger partial charge in [-0.1, -0.05) is 6.92 Å². The van der Waals surface area contributed by atoms with E-state index in [4.69, 9.17) is 5.73 Å². The molecule has 0 aliphatic rings. The van der Waals surface area contributed by atoms with Crippen LogP contribution in [0.1, 0.15) is 24.2 Å². The van der Waals surface area contributed by atoms with Crippen molar-refractivity contribution in [2.75, 3.05) is 6.54 Å². The van der Waals surface area contributed by atoms with Crippen LogP contribution in [-0.4, -0.2) is 21.6 Å². The van der Waals surface area contributed by atoms with Gasteiger partial charge in [-0.2, -0.15) is 4.98 Å². The molecule has 0 fully saturated rings. The van der Waals surface area contributed by atoms with E-state index in [2.05, 4.69) is 9.97 Å². The largest absolute Gasteiger partial charge is 0.493 e. The van der Waals surface area contributed by atoms with E-state index in [-0.39, 0.29) is 22.9 Å². The van der Waals surface area contributed by atoms with Crippen LogP contribution in [0.5, 0.6) is 5.88 Å². The molecular formula is C8H13N3O2. The molecule has 13 heavy (non-hydrogen) atoms. The topological polar surface area (TPSA) is 92.0 Å². The molecular weight excluding hydrogens is 170 g/mol. The lowest BCUT2D eigenvalue weighted by Gasteiger charge is -2.07. The number of aromatic hydroxyl groups is 1. The van der Waals surface area contributed by atoms with E-state index in [1.165, 1.54) is 6.92 Å². The summed E-state index contributed by atoms with van der Waals surface area (Å²) in [5, 5.41) is 9.25. The molecule has 1 unspecified atom stereocenters. The standard InChI is InChI=1S/C8H13N3O2/c1-4(3-9)6-10-7(12)5(2)8(13)11-6/h4H,3,9H2,1-2H3,(H2,10,11,12,13). The Labute approximate surface area is 75.6 Å². The molecule has 1 aromatic heterocycles. The normalized spacial score (nSPS) is 12.8. The molecule has 0 saturated heterocycles. The summed E-state index contributed by atoms with van der Waals surface area (Å²) in [5.74, 6) is 0.147. The predicted molar refractivity (Wildman–Crippen MR) is 48.7 cm³/mol. The molecule has 5 nitrogen and oxygen atoms in total. The van der Waals surface area contributed by atoms with E-state index in [0.29, 0.717) is 12.4 Å². The second-order valence-corrected chi connectivity index (χ2v) is 3.04. The van der Waals surface area contributed by atoms with E-state index >= 15 is 0 Å². The van der Waals surface area contributed by atoms with Crippen molar-refractivity contribution in [3.63, 3.8) is 0 Å². The van der Waals surface area contributed by atoms with Crippen molar-refractivity contribution >= 4 is 0 Å². The number of H-pyrrole nitrogens is 1. The average molecular weight is 183 g/mol. The highest BCUT2D eigenvalue weighted by Gasteiger charge is 2.10. The summed E-state index contributed by atoms with van der Waals surface area (Å²) in [6.07, 6.45) is 0. The number of hydrogen-bond acceptors (Lipinski definition) is 4. The molecule has 0 radical (unpaired) electrons. The van der Waals surface area contributed by atoms with Gasteiger partial charge in [0.15, 0.2) is 0 Å². The van der Waals surface area contributed by atoms with Gasteiger partial charge in [-0.3, -0.25) is 4.79 Å². The van der Waals surface area contributed by atoms with Crippen LogP contribution in [0.25, 0.3) is 0 Å². The third-order valence-electron chi connectivity index (χ3n) is 1.96. The van der Waals surface area contributed by atoms with Crippen LogP contribution in [0.2, 0.25) is 0 Å². The maximum absolute atomic E-state index is 11.2. The first-order valence-electron chi connectivity index (χ1n) is 4.06. The van der Waals surface area contributed by atoms with Gasteiger partial charge in [0, 0.05) is 12.5 Å². The van der Waals surface area contributed by atoms with Crippen LogP contribution in [-0.2, 0) is 0 Å². The van der Waals surface area contributed by atoms with Gasteiger partial charge in [0.05, 0.1) is 5.56 Å². The summed E-state index contributed by atoms with van der Waals surface area (Å²) in [5.41, 5.74) is 5.31. The fourth-order valence-corrected chi connectivity index (χ4v) is 0.883. The van der Waals surface area contributed by atoms with Crippen molar-refractivity contribution in [3.8, 4) is 5.88 Å². The van der Waals surface area contributed by atoms with Crippen LogP contribution >= 0.6 is 0 Å². The number of aromatic nitrogens is 2. The van der Waals surface area contributed by atoms with Gasteiger partial charge < -0.3 is 15.8 Å². The second kappa shape index (κ2) is 3.57. The van der Waals surface area contributed by atoms with E-state index < -0.39 is 0 Å². The quantitative estimate of drug-likeness (QED) is 0.594. The number of aromatic amines is 1. The number of nitrogens with two attached hydrogens (primary N) is 1. The minimum atomic E-state index is -0.317. The molecule has 1 rings (SSSR count). The molecule has 5 heteroatoms. The van der Waals surface area contributed by atoms with Crippen LogP contribution < -0.4 is 11.3 Å². The Hall–Kier alpha value is -1.36. The third kappa shape index (κ3) is 1.86. The van der Waals surface area contributed by atoms with Gasteiger partial charge in [-0.25, -0.2) is 0 Å². The van der Waals surface area contributed by atoms with Gasteiger partial charge in [-0.15, -0.1) is 0 Å². The lowest BCUT2D eigenvalue weighted by molar-refractivity contribution is 0.440. The highest BCUT2D eigenvalue weighted by Crippen LogP contribution is 2.11. The first kappa shape index (κ1) is 9.73. The second-order valence-electron chi connectivity index (χ2n) is 3.04. The summed E-state index contributed by atoms with van der Waals surface area (Å²) in [6.45, 7) is 3.72. The number of nitrogens with one attached hydrogen (secondary N) is 1. The van der Waals surface area contributed by atoms with Gasteiger partial charge in [0.1, 0.15) is 5.82 Å². The molecule has 0 bridgehead atoms. The van der Waals surface area contributed by atoms with Gasteiger partial charge >= 0.3 is 0 Å². The van der Waals surface area contributed by atoms with Crippen molar-refractivity contribution in [3.05, 3.63) is 21.7 Å². The molecule has 0 aliphatic carbocycles. The fraction of sp³-hybridized carbons (Fsp3) is 0.500. The lowest BCUT2D eigenvalue weighted by Crippen LogP contribution is -2.19. The maximum atomic E-state index is 11.2. The van der Waals surface area contributed by atoms with E-state index in [9.17, 15) is 9.90 Å². The highest BCUT2D eigenvalue weighted by molar-refractivity contribution is 5.21. The number of nitrogens with zero attached hydrogens (tertiary/aromatic N) is 1. The van der Waals surface area contributed by atoms with E-state index in [1.807, 2.05) is 6.92 Å². The molecule has 0 amide bonds. The Morgan fingerprint density at radius 1 is 1.69 bits per heavy atom. The van der Waals surface area contributed by atoms with Gasteiger partial charge in [-0.05, 0) is 6.92 Å². The maximum Gasteiger partial charge on any atom is 0.257 e. The summed E-state index contributed by atoms with van der Waals surface area (Å²) < 4.78 is 0. The van der Waals surface area contributed by atoms with Crippen molar-refractivity contribution in [1.29, 1.82) is 0 Å². The molecule has 0 aliphatic heterocycles. The zero-order chi connectivity index (χ0) is 10.0. The summed E-state index contributed by atoms with van der Waals surface area (Å²) >= 11 is 0. The minimum Gasteiger partial charge on any atom is -0.493 e. The average Bonchev–Trinajstić information content (AvgIpc) is 2.12. The molecule has 0 spiro atoms. The molecule has 1 atom stereocenters. The Morgan fingerprint density at radius 3 is 2.77 bits per heavy atom. The SMILES string of the molecule is Cc1c(O)nc(C(C)CN)[nH]c1=O. The van der Waals surface area contributed by atoms with Gasteiger partial charge in [0.25, 0.3) is 5.56 Å². The predicted octanol–water partition coefficient (Wildman–Crippen LogP) is -0.154. The van der Waals surface area contributed by atoms with Crippen LogP contribution in [0, 0.1) is 6.92 Å². The van der Waals surface area contributed by atoms with Crippen molar-refractivity contribution in [2.24, 2.45) is 5.73 Å². The zero-order valence-electron chi connectivity index (χ0n) is 7.66.